The maximum Gasteiger partial charge on any atom is 0.416 e. The Morgan fingerprint density at radius 1 is 1.12 bits per heavy atom. The van der Waals surface area contributed by atoms with Crippen molar-refractivity contribution in [3.8, 4) is 11.3 Å². The number of urea groups is 1. The number of amides is 2. The molecule has 2 heterocycles. The van der Waals surface area contributed by atoms with Gasteiger partial charge in [0.15, 0.2) is 5.82 Å². The predicted octanol–water partition coefficient (Wildman–Crippen LogP) is 5.45. The highest BCUT2D eigenvalue weighted by molar-refractivity contribution is 5.95. The van der Waals surface area contributed by atoms with Gasteiger partial charge in [-0.05, 0) is 74.1 Å². The van der Waals surface area contributed by atoms with Gasteiger partial charge >= 0.3 is 12.2 Å². The van der Waals surface area contributed by atoms with E-state index < -0.39 is 11.7 Å². The van der Waals surface area contributed by atoms with Gasteiger partial charge in [0.1, 0.15) is 0 Å². The van der Waals surface area contributed by atoms with Gasteiger partial charge in [-0.25, -0.2) is 9.78 Å². The fourth-order valence-corrected chi connectivity index (χ4v) is 3.87. The first-order valence-corrected chi connectivity index (χ1v) is 11.2. The van der Waals surface area contributed by atoms with Crippen molar-refractivity contribution in [1.82, 2.24) is 15.3 Å². The van der Waals surface area contributed by atoms with Crippen LogP contribution in [0.5, 0.6) is 0 Å². The Morgan fingerprint density at radius 3 is 2.56 bits per heavy atom. The van der Waals surface area contributed by atoms with Gasteiger partial charge in [-0.1, -0.05) is 12.1 Å². The van der Waals surface area contributed by atoms with Gasteiger partial charge in [0, 0.05) is 30.5 Å². The van der Waals surface area contributed by atoms with E-state index in [1.54, 1.807) is 35.5 Å². The summed E-state index contributed by atoms with van der Waals surface area (Å²) in [5.41, 5.74) is 7.50. The Bertz CT molecular complexity index is 1130. The van der Waals surface area contributed by atoms with E-state index in [9.17, 15) is 18.0 Å². The first kappa shape index (κ1) is 23.5. The zero-order valence-electron chi connectivity index (χ0n) is 18.6. The van der Waals surface area contributed by atoms with Gasteiger partial charge in [-0.2, -0.15) is 13.2 Å². The Balaban J connectivity index is 1.53. The third kappa shape index (κ3) is 5.47. The van der Waals surface area contributed by atoms with Gasteiger partial charge in [-0.3, -0.25) is 9.88 Å². The van der Waals surface area contributed by atoms with Crippen LogP contribution in [0.3, 0.4) is 0 Å². The molecule has 1 aromatic carbocycles. The van der Waals surface area contributed by atoms with E-state index in [2.05, 4.69) is 15.3 Å². The molecule has 0 radical (unpaired) electrons. The largest absolute Gasteiger partial charge is 0.416 e. The lowest BCUT2D eigenvalue weighted by atomic mass is 9.91. The van der Waals surface area contributed by atoms with Gasteiger partial charge in [-0.15, -0.1) is 0 Å². The predicted molar refractivity (Wildman–Crippen MR) is 125 cm³/mol. The SMILES string of the molecule is Nc1ccc(-c2cccc(C(F)(F)F)c2)nc1N(C(=O)NCCCc1ccncc1)C1CCC1. The molecule has 9 heteroatoms. The minimum atomic E-state index is -4.46. The number of carbonyl (C=O) groups excluding carboxylic acids is 1. The summed E-state index contributed by atoms with van der Waals surface area (Å²) >= 11 is 0. The summed E-state index contributed by atoms with van der Waals surface area (Å²) in [6, 6.07) is 11.6. The maximum atomic E-state index is 13.2. The number of nitrogens with zero attached hydrogens (tertiary/aromatic N) is 3. The zero-order chi connectivity index (χ0) is 24.1. The molecule has 1 aliphatic carbocycles. The molecule has 1 saturated carbocycles. The summed E-state index contributed by atoms with van der Waals surface area (Å²) in [6.45, 7) is 0.470. The number of halogens is 3. The lowest BCUT2D eigenvalue weighted by molar-refractivity contribution is -0.137. The number of nitrogens with two attached hydrogens (primary N) is 1. The van der Waals surface area contributed by atoms with Gasteiger partial charge < -0.3 is 11.1 Å². The third-order valence-corrected chi connectivity index (χ3v) is 5.95. The van der Waals surface area contributed by atoms with E-state index >= 15 is 0 Å². The smallest absolute Gasteiger partial charge is 0.396 e. The molecular weight excluding hydrogens is 443 g/mol. The minimum absolute atomic E-state index is 0.0493. The summed E-state index contributed by atoms with van der Waals surface area (Å²) < 4.78 is 39.5. The van der Waals surface area contributed by atoms with E-state index in [0.717, 1.165) is 49.8 Å². The second-order valence-electron chi connectivity index (χ2n) is 8.33. The molecule has 1 aliphatic rings. The van der Waals surface area contributed by atoms with Crippen molar-refractivity contribution in [3.63, 3.8) is 0 Å². The van der Waals surface area contributed by atoms with Gasteiger partial charge in [0.05, 0.1) is 16.9 Å². The average molecular weight is 470 g/mol. The van der Waals surface area contributed by atoms with Crippen molar-refractivity contribution < 1.29 is 18.0 Å². The van der Waals surface area contributed by atoms with Crippen molar-refractivity contribution in [2.75, 3.05) is 17.2 Å². The number of aromatic nitrogens is 2. The first-order valence-electron chi connectivity index (χ1n) is 11.2. The molecule has 34 heavy (non-hydrogen) atoms. The molecule has 0 atom stereocenters. The van der Waals surface area contributed by atoms with Crippen LogP contribution in [0.4, 0.5) is 29.5 Å². The molecule has 0 unspecified atom stereocenters. The number of benzene rings is 1. The molecule has 1 fully saturated rings. The second-order valence-corrected chi connectivity index (χ2v) is 8.33. The number of pyridine rings is 2. The van der Waals surface area contributed by atoms with Crippen molar-refractivity contribution in [3.05, 3.63) is 72.1 Å². The van der Waals surface area contributed by atoms with Crippen molar-refractivity contribution in [2.24, 2.45) is 0 Å². The van der Waals surface area contributed by atoms with Crippen LogP contribution in [-0.2, 0) is 12.6 Å². The molecule has 2 aromatic heterocycles. The van der Waals surface area contributed by atoms with Crippen LogP contribution in [0.2, 0.25) is 0 Å². The summed E-state index contributed by atoms with van der Waals surface area (Å²) in [5, 5.41) is 2.94. The fraction of sp³-hybridized carbons (Fsp3) is 0.320. The molecule has 0 spiro atoms. The number of nitrogens with one attached hydrogen (secondary N) is 1. The molecule has 178 valence electrons. The number of alkyl halides is 3. The average Bonchev–Trinajstić information content (AvgIpc) is 2.79. The lowest BCUT2D eigenvalue weighted by Crippen LogP contribution is -2.50. The highest BCUT2D eigenvalue weighted by Crippen LogP contribution is 2.35. The van der Waals surface area contributed by atoms with Gasteiger partial charge in [0.25, 0.3) is 0 Å². The zero-order valence-corrected chi connectivity index (χ0v) is 18.6. The monoisotopic (exact) mass is 469 g/mol. The topological polar surface area (TPSA) is 84.1 Å². The number of nitrogen functional groups attached to an aromatic ring is 1. The number of rotatable bonds is 7. The lowest BCUT2D eigenvalue weighted by Gasteiger charge is -2.37. The highest BCUT2D eigenvalue weighted by atomic mass is 19.4. The van der Waals surface area contributed by atoms with E-state index in [4.69, 9.17) is 5.73 Å². The van der Waals surface area contributed by atoms with Crippen LogP contribution in [0.25, 0.3) is 11.3 Å². The summed E-state index contributed by atoms with van der Waals surface area (Å²) in [6.07, 6.45) is 3.19. The van der Waals surface area contributed by atoms with Crippen LogP contribution in [0.15, 0.2) is 60.9 Å². The van der Waals surface area contributed by atoms with E-state index in [-0.39, 0.29) is 17.9 Å². The van der Waals surface area contributed by atoms with E-state index in [1.807, 2.05) is 12.1 Å². The van der Waals surface area contributed by atoms with Crippen LogP contribution in [0, 0.1) is 0 Å². The molecule has 4 rings (SSSR count). The quantitative estimate of drug-likeness (QED) is 0.451. The number of hydrogen-bond acceptors (Lipinski definition) is 4. The second kappa shape index (κ2) is 10.1. The summed E-state index contributed by atoms with van der Waals surface area (Å²) in [5.74, 6) is 0.270. The van der Waals surface area contributed by atoms with Crippen molar-refractivity contribution in [2.45, 2.75) is 44.3 Å². The normalized spacial score (nSPS) is 13.9. The van der Waals surface area contributed by atoms with Crippen molar-refractivity contribution in [1.29, 1.82) is 0 Å². The Hall–Kier alpha value is -3.62. The summed E-state index contributed by atoms with van der Waals surface area (Å²) in [7, 11) is 0. The molecular formula is C25H26F3N5O. The Kier molecular flexibility index (Phi) is 7.00. The van der Waals surface area contributed by atoms with Crippen molar-refractivity contribution >= 4 is 17.5 Å². The number of anilines is 2. The van der Waals surface area contributed by atoms with Crippen LogP contribution in [0.1, 0.15) is 36.8 Å². The fourth-order valence-electron chi connectivity index (χ4n) is 3.87. The van der Waals surface area contributed by atoms with Crippen LogP contribution < -0.4 is 16.0 Å². The molecule has 2 amide bonds. The molecule has 3 aromatic rings. The third-order valence-electron chi connectivity index (χ3n) is 5.95. The number of hydrogen-bond donors (Lipinski definition) is 2. The molecule has 0 bridgehead atoms. The minimum Gasteiger partial charge on any atom is -0.396 e. The molecule has 3 N–H and O–H groups in total. The van der Waals surface area contributed by atoms with E-state index in [1.165, 1.54) is 6.07 Å². The number of aryl methyl sites for hydroxylation is 1. The standard InChI is InChI=1S/C25H26F3N5O/c26-25(27,28)19-6-1-5-18(16-19)22-10-9-21(29)23(32-22)33(20-7-2-8-20)24(34)31-13-3-4-17-11-14-30-15-12-17/h1,5-6,9-12,14-16,20H,2-4,7-8,13,29H2,(H,31,34). The molecule has 0 saturated heterocycles. The van der Waals surface area contributed by atoms with Crippen LogP contribution in [-0.4, -0.2) is 28.6 Å². The van der Waals surface area contributed by atoms with Crippen LogP contribution >= 0.6 is 0 Å². The number of carbonyl (C=O) groups is 1. The summed E-state index contributed by atoms with van der Waals surface area (Å²) in [4.78, 5) is 23.2. The first-order chi connectivity index (χ1) is 16.3. The highest BCUT2D eigenvalue weighted by Gasteiger charge is 2.33. The Labute approximate surface area is 196 Å². The maximum absolute atomic E-state index is 13.2. The molecule has 0 aliphatic heterocycles. The Morgan fingerprint density at radius 2 is 1.88 bits per heavy atom. The van der Waals surface area contributed by atoms with E-state index in [0.29, 0.717) is 23.5 Å². The van der Waals surface area contributed by atoms with Gasteiger partial charge in [0.2, 0.25) is 0 Å². The molecule has 6 nitrogen and oxygen atoms in total.